The van der Waals surface area contributed by atoms with Gasteiger partial charge in [0.1, 0.15) is 12.2 Å². The third kappa shape index (κ3) is 11.4. The van der Waals surface area contributed by atoms with Crippen LogP contribution in [0.3, 0.4) is 0 Å². The van der Waals surface area contributed by atoms with E-state index in [2.05, 4.69) is 39.8 Å². The molecule has 1 rings (SSSR count). The first-order valence-electron chi connectivity index (χ1n) is 13.0. The molecule has 6 heteroatoms. The van der Waals surface area contributed by atoms with E-state index in [1.807, 2.05) is 13.8 Å². The van der Waals surface area contributed by atoms with Crippen molar-refractivity contribution in [3.8, 4) is 12.3 Å². The number of aliphatic carboxylic acids is 1. The monoisotopic (exact) mass is 482 g/mol. The summed E-state index contributed by atoms with van der Waals surface area (Å²) in [5.41, 5.74) is 0. The van der Waals surface area contributed by atoms with Gasteiger partial charge >= 0.3 is 5.97 Å². The maximum Gasteiger partial charge on any atom is 0.303 e. The molecule has 0 bridgehead atoms. The first-order valence-corrected chi connectivity index (χ1v) is 15.9. The molecule has 1 N–H and O–H groups in total. The number of unbranched alkanes of at least 4 members (excludes halogenated alkanes) is 9. The Morgan fingerprint density at radius 2 is 1.48 bits per heavy atom. The molecule has 1 heterocycles. The molecule has 0 amide bonds. The Labute approximate surface area is 204 Å². The fourth-order valence-electron chi connectivity index (χ4n) is 4.07. The predicted molar refractivity (Wildman–Crippen MR) is 138 cm³/mol. The molecular formula is C27H50O5Si. The van der Waals surface area contributed by atoms with Gasteiger partial charge in [0.25, 0.3) is 0 Å². The van der Waals surface area contributed by atoms with E-state index in [0.717, 1.165) is 32.1 Å². The van der Waals surface area contributed by atoms with Gasteiger partial charge < -0.3 is 19.0 Å². The number of terminal acetylenes is 1. The number of ether oxygens (including phenoxy) is 2. The zero-order chi connectivity index (χ0) is 25.1. The van der Waals surface area contributed by atoms with Crippen molar-refractivity contribution in [1.82, 2.24) is 0 Å². The summed E-state index contributed by atoms with van der Waals surface area (Å²) in [6.07, 6.45) is 18.0. The SMILES string of the molecule is C#C[C@H](O[Si](C)(C)C(C)(C)C)[C@@H]1OC(C)(C)O[C@H]1CCCCCCCCCCCCC(=O)O. The highest BCUT2D eigenvalue weighted by Crippen LogP contribution is 2.40. The number of hydrogen-bond acceptors (Lipinski definition) is 4. The van der Waals surface area contributed by atoms with E-state index in [1.165, 1.54) is 38.5 Å². The van der Waals surface area contributed by atoms with Gasteiger partial charge in [-0.2, -0.15) is 0 Å². The van der Waals surface area contributed by atoms with Crippen molar-refractivity contribution in [2.75, 3.05) is 0 Å². The highest BCUT2D eigenvalue weighted by Gasteiger charge is 2.48. The molecule has 0 spiro atoms. The van der Waals surface area contributed by atoms with Gasteiger partial charge in [-0.1, -0.05) is 84.5 Å². The second-order valence-corrected chi connectivity index (χ2v) is 16.3. The van der Waals surface area contributed by atoms with E-state index in [4.69, 9.17) is 25.4 Å². The van der Waals surface area contributed by atoms with E-state index in [9.17, 15) is 4.79 Å². The fourth-order valence-corrected chi connectivity index (χ4v) is 5.26. The quantitative estimate of drug-likeness (QED) is 0.142. The lowest BCUT2D eigenvalue weighted by Gasteiger charge is -2.39. The summed E-state index contributed by atoms with van der Waals surface area (Å²) in [5.74, 6) is 1.55. The van der Waals surface area contributed by atoms with E-state index >= 15 is 0 Å². The number of carboxylic acids is 1. The Hall–Kier alpha value is -0.873. The van der Waals surface area contributed by atoms with Crippen molar-refractivity contribution in [3.63, 3.8) is 0 Å². The van der Waals surface area contributed by atoms with Crippen LogP contribution in [0.2, 0.25) is 18.1 Å². The van der Waals surface area contributed by atoms with Gasteiger partial charge in [-0.05, 0) is 44.8 Å². The van der Waals surface area contributed by atoms with Crippen LogP contribution in [0.5, 0.6) is 0 Å². The van der Waals surface area contributed by atoms with Crippen LogP contribution in [0.1, 0.15) is 112 Å². The molecule has 0 unspecified atom stereocenters. The van der Waals surface area contributed by atoms with Crippen molar-refractivity contribution < 1.29 is 23.8 Å². The Balaban J connectivity index is 2.34. The maximum absolute atomic E-state index is 10.5. The molecular weight excluding hydrogens is 432 g/mol. The van der Waals surface area contributed by atoms with Crippen LogP contribution in [0.4, 0.5) is 0 Å². The normalized spacial score (nSPS) is 21.6. The van der Waals surface area contributed by atoms with Crippen LogP contribution in [-0.2, 0) is 18.7 Å². The molecule has 1 fully saturated rings. The topological polar surface area (TPSA) is 65.0 Å². The first kappa shape index (κ1) is 30.2. The minimum absolute atomic E-state index is 0.0309. The van der Waals surface area contributed by atoms with Crippen molar-refractivity contribution in [3.05, 3.63) is 0 Å². The molecule has 33 heavy (non-hydrogen) atoms. The summed E-state index contributed by atoms with van der Waals surface area (Å²) in [6.45, 7) is 15.0. The summed E-state index contributed by atoms with van der Waals surface area (Å²) in [4.78, 5) is 10.5. The summed E-state index contributed by atoms with van der Waals surface area (Å²) in [5, 5.41) is 8.74. The van der Waals surface area contributed by atoms with Crippen molar-refractivity contribution in [2.24, 2.45) is 0 Å². The number of carbonyl (C=O) groups is 1. The van der Waals surface area contributed by atoms with Crippen LogP contribution >= 0.6 is 0 Å². The van der Waals surface area contributed by atoms with Gasteiger partial charge in [0, 0.05) is 6.42 Å². The minimum Gasteiger partial charge on any atom is -0.481 e. The summed E-state index contributed by atoms with van der Waals surface area (Å²) < 4.78 is 19.0. The van der Waals surface area contributed by atoms with Crippen molar-refractivity contribution >= 4 is 14.3 Å². The molecule has 0 aliphatic carbocycles. The maximum atomic E-state index is 10.5. The first-order chi connectivity index (χ1) is 15.3. The fraction of sp³-hybridized carbons (Fsp3) is 0.889. The zero-order valence-corrected chi connectivity index (χ0v) is 23.4. The second kappa shape index (κ2) is 13.9. The molecule has 1 aliphatic heterocycles. The van der Waals surface area contributed by atoms with Gasteiger partial charge in [0.05, 0.1) is 6.10 Å². The average molecular weight is 483 g/mol. The van der Waals surface area contributed by atoms with Crippen LogP contribution in [0, 0.1) is 12.3 Å². The van der Waals surface area contributed by atoms with E-state index < -0.39 is 20.1 Å². The van der Waals surface area contributed by atoms with Gasteiger partial charge in [-0.15, -0.1) is 6.42 Å². The van der Waals surface area contributed by atoms with Crippen molar-refractivity contribution in [2.45, 2.75) is 154 Å². The van der Waals surface area contributed by atoms with Crippen LogP contribution < -0.4 is 0 Å². The summed E-state index contributed by atoms with van der Waals surface area (Å²) in [6, 6.07) is 0. The van der Waals surface area contributed by atoms with Crippen LogP contribution in [-0.4, -0.2) is 43.5 Å². The van der Waals surface area contributed by atoms with Gasteiger partial charge in [0.2, 0.25) is 0 Å². The third-order valence-electron chi connectivity index (χ3n) is 7.04. The highest BCUT2D eigenvalue weighted by atomic mass is 28.4. The standard InChI is InChI=1S/C27H50O5Si/c1-9-22(32-33(7,8)26(2,3)4)25-23(30-27(5,6)31-25)20-18-16-14-12-10-11-13-15-17-19-21-24(28)29/h1,22-23,25H,10-21H2,2-8H3,(H,28,29)/t22-,23-,25-/m0/s1. The Bertz CT molecular complexity index is 617. The molecule has 3 atom stereocenters. The van der Waals surface area contributed by atoms with Gasteiger partial charge in [0.15, 0.2) is 14.1 Å². The molecule has 0 aromatic heterocycles. The van der Waals surface area contributed by atoms with Gasteiger partial charge in [-0.25, -0.2) is 0 Å². The number of rotatable bonds is 16. The van der Waals surface area contributed by atoms with E-state index in [0.29, 0.717) is 6.42 Å². The molecule has 1 aliphatic rings. The molecule has 0 aromatic carbocycles. The molecule has 0 aromatic rings. The summed E-state index contributed by atoms with van der Waals surface area (Å²) in [7, 11) is -2.01. The van der Waals surface area contributed by atoms with Crippen LogP contribution in [0.15, 0.2) is 0 Å². The van der Waals surface area contributed by atoms with Crippen molar-refractivity contribution in [1.29, 1.82) is 0 Å². The molecule has 0 radical (unpaired) electrons. The average Bonchev–Trinajstić information content (AvgIpc) is 3.00. The second-order valence-electron chi connectivity index (χ2n) is 11.6. The smallest absolute Gasteiger partial charge is 0.303 e. The Morgan fingerprint density at radius 3 is 1.94 bits per heavy atom. The predicted octanol–water partition coefficient (Wildman–Crippen LogP) is 7.30. The molecule has 1 saturated heterocycles. The minimum atomic E-state index is -2.01. The lowest BCUT2D eigenvalue weighted by atomic mass is 10.0. The largest absolute Gasteiger partial charge is 0.481 e. The van der Waals surface area contributed by atoms with Gasteiger partial charge in [-0.3, -0.25) is 4.79 Å². The van der Waals surface area contributed by atoms with Crippen LogP contribution in [0.25, 0.3) is 0 Å². The number of carboxylic acid groups (broad SMARTS) is 1. The highest BCUT2D eigenvalue weighted by molar-refractivity contribution is 6.74. The molecule has 5 nitrogen and oxygen atoms in total. The van der Waals surface area contributed by atoms with E-state index in [-0.39, 0.29) is 23.4 Å². The van der Waals surface area contributed by atoms with E-state index in [1.54, 1.807) is 0 Å². The zero-order valence-electron chi connectivity index (χ0n) is 22.4. The summed E-state index contributed by atoms with van der Waals surface area (Å²) >= 11 is 0. The Morgan fingerprint density at radius 1 is 1.00 bits per heavy atom. The lowest BCUT2D eigenvalue weighted by molar-refractivity contribution is -0.151. The third-order valence-corrected chi connectivity index (χ3v) is 11.5. The Kier molecular flexibility index (Phi) is 12.7. The molecule has 0 saturated carbocycles. The number of hydrogen-bond donors (Lipinski definition) is 1. The lowest BCUT2D eigenvalue weighted by Crippen LogP contribution is -2.48. The molecule has 192 valence electrons.